The highest BCUT2D eigenvalue weighted by Gasteiger charge is 2.30. The number of hydrogen-bond acceptors (Lipinski definition) is 3. The summed E-state index contributed by atoms with van der Waals surface area (Å²) in [7, 11) is 0. The van der Waals surface area contributed by atoms with Crippen molar-refractivity contribution in [3.8, 4) is 0 Å². The zero-order chi connectivity index (χ0) is 11.5. The van der Waals surface area contributed by atoms with Crippen molar-refractivity contribution >= 4 is 0 Å². The number of rotatable bonds is 4. The van der Waals surface area contributed by atoms with Gasteiger partial charge >= 0.3 is 0 Å². The van der Waals surface area contributed by atoms with Crippen molar-refractivity contribution in [3.63, 3.8) is 0 Å². The topological polar surface area (TPSA) is 43.7 Å². The Morgan fingerprint density at radius 2 is 1.93 bits per heavy atom. The van der Waals surface area contributed by atoms with E-state index in [1.54, 1.807) is 0 Å². The standard InChI is InChI=1S/C12H25NO2/c1-4-12(15,5-2)9-13-7-6-10(3)11(14)8-13/h10-11,14-15H,4-9H2,1-3H3. The van der Waals surface area contributed by atoms with Crippen molar-refractivity contribution in [2.45, 2.75) is 51.7 Å². The number of aliphatic hydroxyl groups is 2. The van der Waals surface area contributed by atoms with E-state index in [-0.39, 0.29) is 6.10 Å². The van der Waals surface area contributed by atoms with Crippen LogP contribution in [0.25, 0.3) is 0 Å². The monoisotopic (exact) mass is 215 g/mol. The molecule has 0 aromatic heterocycles. The van der Waals surface area contributed by atoms with Gasteiger partial charge in [-0.1, -0.05) is 20.8 Å². The van der Waals surface area contributed by atoms with Crippen LogP contribution >= 0.6 is 0 Å². The molecule has 1 rings (SSSR count). The third-order valence-corrected chi connectivity index (χ3v) is 3.84. The Morgan fingerprint density at radius 3 is 2.40 bits per heavy atom. The Morgan fingerprint density at radius 1 is 1.33 bits per heavy atom. The number of aliphatic hydroxyl groups excluding tert-OH is 1. The minimum Gasteiger partial charge on any atom is -0.392 e. The van der Waals surface area contributed by atoms with E-state index < -0.39 is 5.60 Å². The molecule has 0 aromatic carbocycles. The van der Waals surface area contributed by atoms with Gasteiger partial charge in [-0.2, -0.15) is 0 Å². The Kier molecular flexibility index (Phi) is 4.56. The van der Waals surface area contributed by atoms with Gasteiger partial charge in [-0.15, -0.1) is 0 Å². The first-order valence-corrected chi connectivity index (χ1v) is 6.13. The molecule has 0 aromatic rings. The van der Waals surface area contributed by atoms with E-state index in [0.29, 0.717) is 19.0 Å². The average molecular weight is 215 g/mol. The Labute approximate surface area is 93.1 Å². The van der Waals surface area contributed by atoms with Crippen LogP contribution in [0.4, 0.5) is 0 Å². The predicted octanol–water partition coefficient (Wildman–Crippen LogP) is 1.24. The molecular weight excluding hydrogens is 190 g/mol. The van der Waals surface area contributed by atoms with E-state index in [4.69, 9.17) is 0 Å². The minimum absolute atomic E-state index is 0.225. The van der Waals surface area contributed by atoms with Gasteiger partial charge < -0.3 is 10.2 Å². The molecule has 3 nitrogen and oxygen atoms in total. The SMILES string of the molecule is CCC(O)(CC)CN1CCC(C)C(O)C1. The number of β-amino-alcohol motifs (C(OH)–C–C–N with tert-alkyl or cyclic N) is 2. The number of likely N-dealkylation sites (tertiary alicyclic amines) is 1. The normalized spacial score (nSPS) is 29.4. The lowest BCUT2D eigenvalue weighted by Crippen LogP contribution is -2.49. The van der Waals surface area contributed by atoms with E-state index >= 15 is 0 Å². The summed E-state index contributed by atoms with van der Waals surface area (Å²) in [5.74, 6) is 0.401. The molecule has 1 saturated heterocycles. The van der Waals surface area contributed by atoms with Crippen LogP contribution in [0.15, 0.2) is 0 Å². The minimum atomic E-state index is -0.569. The van der Waals surface area contributed by atoms with Crippen molar-refractivity contribution in [1.29, 1.82) is 0 Å². The van der Waals surface area contributed by atoms with Crippen LogP contribution < -0.4 is 0 Å². The van der Waals surface area contributed by atoms with E-state index in [1.807, 2.05) is 13.8 Å². The summed E-state index contributed by atoms with van der Waals surface area (Å²) in [6, 6.07) is 0. The van der Waals surface area contributed by atoms with Crippen LogP contribution in [-0.2, 0) is 0 Å². The van der Waals surface area contributed by atoms with Gasteiger partial charge in [-0.3, -0.25) is 4.90 Å². The van der Waals surface area contributed by atoms with Crippen LogP contribution in [-0.4, -0.2) is 46.5 Å². The number of piperidine rings is 1. The summed E-state index contributed by atoms with van der Waals surface area (Å²) in [6.07, 6.45) is 2.37. The van der Waals surface area contributed by atoms with Gasteiger partial charge in [0.05, 0.1) is 11.7 Å². The van der Waals surface area contributed by atoms with Crippen LogP contribution in [0.3, 0.4) is 0 Å². The summed E-state index contributed by atoms with van der Waals surface area (Å²) in [5.41, 5.74) is -0.569. The summed E-state index contributed by atoms with van der Waals surface area (Å²) < 4.78 is 0. The van der Waals surface area contributed by atoms with Crippen molar-refractivity contribution in [1.82, 2.24) is 4.90 Å². The van der Waals surface area contributed by atoms with E-state index in [0.717, 1.165) is 25.8 Å². The zero-order valence-corrected chi connectivity index (χ0v) is 10.2. The molecule has 0 aliphatic carbocycles. The molecule has 90 valence electrons. The quantitative estimate of drug-likeness (QED) is 0.741. The zero-order valence-electron chi connectivity index (χ0n) is 10.2. The summed E-state index contributed by atoms with van der Waals surface area (Å²) in [5, 5.41) is 20.0. The number of nitrogens with zero attached hydrogens (tertiary/aromatic N) is 1. The summed E-state index contributed by atoms with van der Waals surface area (Å²) >= 11 is 0. The van der Waals surface area contributed by atoms with Gasteiger partial charge in [0.25, 0.3) is 0 Å². The molecule has 0 saturated carbocycles. The first kappa shape index (κ1) is 12.9. The molecule has 0 spiro atoms. The summed E-state index contributed by atoms with van der Waals surface area (Å²) in [4.78, 5) is 2.19. The highest BCUT2D eigenvalue weighted by molar-refractivity contribution is 4.84. The molecule has 1 aliphatic heterocycles. The highest BCUT2D eigenvalue weighted by atomic mass is 16.3. The van der Waals surface area contributed by atoms with Crippen LogP contribution in [0.2, 0.25) is 0 Å². The van der Waals surface area contributed by atoms with E-state index in [1.165, 1.54) is 0 Å². The van der Waals surface area contributed by atoms with Crippen molar-refractivity contribution in [2.24, 2.45) is 5.92 Å². The lowest BCUT2D eigenvalue weighted by molar-refractivity contribution is -0.0379. The predicted molar refractivity (Wildman–Crippen MR) is 61.8 cm³/mol. The van der Waals surface area contributed by atoms with E-state index in [2.05, 4.69) is 11.8 Å². The molecule has 0 radical (unpaired) electrons. The molecule has 15 heavy (non-hydrogen) atoms. The average Bonchev–Trinajstić information content (AvgIpc) is 2.23. The van der Waals surface area contributed by atoms with Crippen LogP contribution in [0.5, 0.6) is 0 Å². The van der Waals surface area contributed by atoms with Crippen LogP contribution in [0, 0.1) is 5.92 Å². The maximum absolute atomic E-state index is 10.2. The third kappa shape index (κ3) is 3.44. The molecule has 2 N–H and O–H groups in total. The molecule has 3 heteroatoms. The Balaban J connectivity index is 2.45. The molecule has 1 fully saturated rings. The van der Waals surface area contributed by atoms with Gasteiger partial charge in [-0.05, 0) is 31.7 Å². The first-order valence-electron chi connectivity index (χ1n) is 6.13. The Hall–Kier alpha value is -0.120. The second-order valence-electron chi connectivity index (χ2n) is 5.00. The second-order valence-corrected chi connectivity index (χ2v) is 5.00. The highest BCUT2D eigenvalue weighted by Crippen LogP contribution is 2.22. The molecule has 2 unspecified atom stereocenters. The van der Waals surface area contributed by atoms with Gasteiger partial charge in [0, 0.05) is 13.1 Å². The lowest BCUT2D eigenvalue weighted by atomic mass is 9.92. The number of hydrogen-bond donors (Lipinski definition) is 2. The fraction of sp³-hybridized carbons (Fsp3) is 1.00. The molecule has 1 aliphatic rings. The van der Waals surface area contributed by atoms with Gasteiger partial charge in [-0.25, -0.2) is 0 Å². The van der Waals surface area contributed by atoms with Gasteiger partial charge in [0.1, 0.15) is 0 Å². The molecule has 0 bridgehead atoms. The Bertz CT molecular complexity index is 192. The van der Waals surface area contributed by atoms with E-state index in [9.17, 15) is 10.2 Å². The molecular formula is C12H25NO2. The second kappa shape index (κ2) is 5.28. The summed E-state index contributed by atoms with van der Waals surface area (Å²) in [6.45, 7) is 8.54. The maximum atomic E-state index is 10.2. The smallest absolute Gasteiger partial charge is 0.0768 e. The van der Waals surface area contributed by atoms with Crippen molar-refractivity contribution < 1.29 is 10.2 Å². The van der Waals surface area contributed by atoms with Crippen molar-refractivity contribution in [2.75, 3.05) is 19.6 Å². The molecule has 2 atom stereocenters. The largest absolute Gasteiger partial charge is 0.392 e. The maximum Gasteiger partial charge on any atom is 0.0768 e. The fourth-order valence-corrected chi connectivity index (χ4v) is 2.15. The first-order chi connectivity index (χ1) is 7.00. The third-order valence-electron chi connectivity index (χ3n) is 3.84. The molecule has 1 heterocycles. The fourth-order valence-electron chi connectivity index (χ4n) is 2.15. The van der Waals surface area contributed by atoms with Crippen molar-refractivity contribution in [3.05, 3.63) is 0 Å². The van der Waals surface area contributed by atoms with Crippen LogP contribution in [0.1, 0.15) is 40.0 Å². The molecule has 0 amide bonds. The van der Waals surface area contributed by atoms with Gasteiger partial charge in [0.2, 0.25) is 0 Å². The van der Waals surface area contributed by atoms with Gasteiger partial charge in [0.15, 0.2) is 0 Å². The lowest BCUT2D eigenvalue weighted by Gasteiger charge is -2.39.